The summed E-state index contributed by atoms with van der Waals surface area (Å²) in [4.78, 5) is 10.9. The van der Waals surface area contributed by atoms with E-state index in [1.807, 2.05) is 31.2 Å². The standard InChI is InChI=1S/C11H14INO3/c1-7(15-2)10(16-11(13)14)8-5-3-4-6-9(8)12/h3-7,10H,1-2H3,(H2,13,14)/t7-,10+/m0/s1. The van der Waals surface area contributed by atoms with Gasteiger partial charge in [-0.05, 0) is 35.6 Å². The number of amides is 1. The Kier molecular flexibility index (Phi) is 5.01. The molecule has 5 heteroatoms. The van der Waals surface area contributed by atoms with E-state index in [1.165, 1.54) is 0 Å². The molecule has 2 N–H and O–H groups in total. The molecule has 16 heavy (non-hydrogen) atoms. The molecule has 1 rings (SSSR count). The average molecular weight is 335 g/mol. The van der Waals surface area contributed by atoms with E-state index in [0.29, 0.717) is 0 Å². The normalized spacial score (nSPS) is 14.2. The molecule has 1 aromatic carbocycles. The maximum Gasteiger partial charge on any atom is 0.405 e. The van der Waals surface area contributed by atoms with Crippen LogP contribution >= 0.6 is 22.6 Å². The van der Waals surface area contributed by atoms with Gasteiger partial charge in [0.05, 0.1) is 6.10 Å². The lowest BCUT2D eigenvalue weighted by Gasteiger charge is -2.23. The highest BCUT2D eigenvalue weighted by atomic mass is 127. The number of hydrogen-bond donors (Lipinski definition) is 1. The molecule has 88 valence electrons. The molecule has 0 bridgehead atoms. The Bertz CT molecular complexity index is 370. The molecule has 0 spiro atoms. The fourth-order valence-electron chi connectivity index (χ4n) is 1.37. The molecule has 1 amide bonds. The predicted molar refractivity (Wildman–Crippen MR) is 69.0 cm³/mol. The summed E-state index contributed by atoms with van der Waals surface area (Å²) >= 11 is 2.18. The summed E-state index contributed by atoms with van der Waals surface area (Å²) in [5, 5.41) is 0. The monoisotopic (exact) mass is 335 g/mol. The van der Waals surface area contributed by atoms with Crippen LogP contribution in [0.1, 0.15) is 18.6 Å². The van der Waals surface area contributed by atoms with Gasteiger partial charge >= 0.3 is 6.09 Å². The highest BCUT2D eigenvalue weighted by molar-refractivity contribution is 14.1. The van der Waals surface area contributed by atoms with Gasteiger partial charge in [0.2, 0.25) is 0 Å². The highest BCUT2D eigenvalue weighted by Gasteiger charge is 2.24. The molecule has 0 saturated carbocycles. The van der Waals surface area contributed by atoms with E-state index in [1.54, 1.807) is 7.11 Å². The molecule has 1 aromatic rings. The first kappa shape index (κ1) is 13.2. The second-order valence-corrected chi connectivity index (χ2v) is 4.48. The van der Waals surface area contributed by atoms with Gasteiger partial charge < -0.3 is 15.2 Å². The fourth-order valence-corrected chi connectivity index (χ4v) is 2.06. The van der Waals surface area contributed by atoms with Gasteiger partial charge in [-0.3, -0.25) is 0 Å². The first-order valence-electron chi connectivity index (χ1n) is 4.79. The Hall–Kier alpha value is -0.820. The minimum atomic E-state index is -0.798. The zero-order chi connectivity index (χ0) is 12.1. The SMILES string of the molecule is CO[C@@H](C)[C@@H](OC(N)=O)c1ccccc1I. The van der Waals surface area contributed by atoms with Crippen molar-refractivity contribution < 1.29 is 14.3 Å². The van der Waals surface area contributed by atoms with Crippen molar-refractivity contribution in [1.29, 1.82) is 0 Å². The molecular weight excluding hydrogens is 321 g/mol. The molecule has 0 saturated heterocycles. The molecule has 0 aliphatic heterocycles. The minimum Gasteiger partial charge on any atom is -0.439 e. The molecule has 0 aliphatic rings. The quantitative estimate of drug-likeness (QED) is 0.860. The Morgan fingerprint density at radius 1 is 1.44 bits per heavy atom. The van der Waals surface area contributed by atoms with Crippen molar-refractivity contribution in [2.75, 3.05) is 7.11 Å². The van der Waals surface area contributed by atoms with Crippen molar-refractivity contribution in [2.24, 2.45) is 5.73 Å². The number of carbonyl (C=O) groups excluding carboxylic acids is 1. The topological polar surface area (TPSA) is 61.6 Å². The van der Waals surface area contributed by atoms with E-state index in [-0.39, 0.29) is 6.10 Å². The zero-order valence-corrected chi connectivity index (χ0v) is 11.3. The van der Waals surface area contributed by atoms with Crippen molar-refractivity contribution in [1.82, 2.24) is 0 Å². The van der Waals surface area contributed by atoms with Crippen molar-refractivity contribution >= 4 is 28.7 Å². The smallest absolute Gasteiger partial charge is 0.405 e. The Morgan fingerprint density at radius 2 is 2.06 bits per heavy atom. The van der Waals surface area contributed by atoms with Crippen LogP contribution in [0.5, 0.6) is 0 Å². The second-order valence-electron chi connectivity index (χ2n) is 3.32. The molecule has 0 aromatic heterocycles. The van der Waals surface area contributed by atoms with E-state index in [4.69, 9.17) is 15.2 Å². The first-order chi connectivity index (χ1) is 7.56. The summed E-state index contributed by atoms with van der Waals surface area (Å²) in [6.07, 6.45) is -1.52. The lowest BCUT2D eigenvalue weighted by atomic mass is 10.1. The van der Waals surface area contributed by atoms with Gasteiger partial charge in [0, 0.05) is 16.2 Å². The van der Waals surface area contributed by atoms with E-state index in [0.717, 1.165) is 9.13 Å². The molecule has 4 nitrogen and oxygen atoms in total. The molecule has 0 heterocycles. The largest absolute Gasteiger partial charge is 0.439 e. The molecule has 0 fully saturated rings. The van der Waals surface area contributed by atoms with Crippen LogP contribution < -0.4 is 5.73 Å². The van der Waals surface area contributed by atoms with E-state index >= 15 is 0 Å². The summed E-state index contributed by atoms with van der Waals surface area (Å²) in [5.74, 6) is 0. The third-order valence-corrected chi connectivity index (χ3v) is 3.24. The number of halogens is 1. The van der Waals surface area contributed by atoms with Gasteiger partial charge in [-0.25, -0.2) is 4.79 Å². The third kappa shape index (κ3) is 3.34. The molecule has 0 unspecified atom stereocenters. The number of carbonyl (C=O) groups is 1. The third-order valence-electron chi connectivity index (χ3n) is 2.25. The molecule has 0 radical (unpaired) electrons. The number of rotatable bonds is 4. The van der Waals surface area contributed by atoms with Gasteiger partial charge in [-0.15, -0.1) is 0 Å². The van der Waals surface area contributed by atoms with Crippen LogP contribution in [0.2, 0.25) is 0 Å². The second kappa shape index (κ2) is 6.05. The number of nitrogens with two attached hydrogens (primary N) is 1. The highest BCUT2D eigenvalue weighted by Crippen LogP contribution is 2.27. The van der Waals surface area contributed by atoms with Crippen molar-refractivity contribution in [3.05, 3.63) is 33.4 Å². The lowest BCUT2D eigenvalue weighted by Crippen LogP contribution is -2.26. The van der Waals surface area contributed by atoms with Crippen LogP contribution in [0.4, 0.5) is 4.79 Å². The summed E-state index contributed by atoms with van der Waals surface area (Å²) < 4.78 is 11.3. The predicted octanol–water partition coefficient (Wildman–Crippen LogP) is 2.46. The number of primary amides is 1. The number of hydrogen-bond acceptors (Lipinski definition) is 3. The van der Waals surface area contributed by atoms with Crippen molar-refractivity contribution in [2.45, 2.75) is 19.1 Å². The van der Waals surface area contributed by atoms with E-state index in [9.17, 15) is 4.79 Å². The van der Waals surface area contributed by atoms with Gasteiger partial charge in [-0.2, -0.15) is 0 Å². The van der Waals surface area contributed by atoms with Crippen LogP contribution in [-0.2, 0) is 9.47 Å². The number of benzene rings is 1. The molecule has 2 atom stereocenters. The minimum absolute atomic E-state index is 0.247. The van der Waals surface area contributed by atoms with Crippen molar-refractivity contribution in [3.63, 3.8) is 0 Å². The Balaban J connectivity index is 3.01. The van der Waals surface area contributed by atoms with Crippen LogP contribution in [0, 0.1) is 3.57 Å². The van der Waals surface area contributed by atoms with Gasteiger partial charge in [0.1, 0.15) is 0 Å². The van der Waals surface area contributed by atoms with Gasteiger partial charge in [0.15, 0.2) is 6.10 Å². The van der Waals surface area contributed by atoms with Crippen LogP contribution in [-0.4, -0.2) is 19.3 Å². The van der Waals surface area contributed by atoms with Crippen LogP contribution in [0.25, 0.3) is 0 Å². The summed E-state index contributed by atoms with van der Waals surface area (Å²) in [7, 11) is 1.57. The fraction of sp³-hybridized carbons (Fsp3) is 0.364. The summed E-state index contributed by atoms with van der Waals surface area (Å²) in [6.45, 7) is 1.83. The number of methoxy groups -OCH3 is 1. The Labute approximate surface area is 108 Å². The first-order valence-corrected chi connectivity index (χ1v) is 5.87. The van der Waals surface area contributed by atoms with Crippen LogP contribution in [0.3, 0.4) is 0 Å². The molecular formula is C11H14INO3. The van der Waals surface area contributed by atoms with Gasteiger partial charge in [-0.1, -0.05) is 18.2 Å². The average Bonchev–Trinajstić information content (AvgIpc) is 2.26. The van der Waals surface area contributed by atoms with Crippen LogP contribution in [0.15, 0.2) is 24.3 Å². The Morgan fingerprint density at radius 3 is 2.56 bits per heavy atom. The van der Waals surface area contributed by atoms with Gasteiger partial charge in [0.25, 0.3) is 0 Å². The molecule has 0 aliphatic carbocycles. The summed E-state index contributed by atoms with van der Waals surface area (Å²) in [6, 6.07) is 7.64. The van der Waals surface area contributed by atoms with E-state index in [2.05, 4.69) is 22.6 Å². The lowest BCUT2D eigenvalue weighted by molar-refractivity contribution is -0.0113. The van der Waals surface area contributed by atoms with Crippen molar-refractivity contribution in [3.8, 4) is 0 Å². The zero-order valence-electron chi connectivity index (χ0n) is 9.14. The maximum absolute atomic E-state index is 10.9. The number of ether oxygens (including phenoxy) is 2. The summed E-state index contributed by atoms with van der Waals surface area (Å²) in [5.41, 5.74) is 5.95. The van der Waals surface area contributed by atoms with E-state index < -0.39 is 12.2 Å². The maximum atomic E-state index is 10.9.